The van der Waals surface area contributed by atoms with Crippen molar-refractivity contribution in [2.24, 2.45) is 11.0 Å². The van der Waals surface area contributed by atoms with Crippen molar-refractivity contribution in [2.75, 3.05) is 0 Å². The Morgan fingerprint density at radius 2 is 1.75 bits per heavy atom. The number of hydrazone groups is 1. The van der Waals surface area contributed by atoms with Crippen molar-refractivity contribution >= 4 is 70.1 Å². The van der Waals surface area contributed by atoms with Gasteiger partial charge in [-0.3, -0.25) is 19.7 Å². The highest BCUT2D eigenvalue weighted by Crippen LogP contribution is 2.37. The molecule has 9 nitrogen and oxygen atoms in total. The number of carbonyl (C=O) groups excluding carboxylic acids is 2. The van der Waals surface area contributed by atoms with Gasteiger partial charge in [-0.15, -0.1) is 0 Å². The summed E-state index contributed by atoms with van der Waals surface area (Å²) in [6.07, 6.45) is 1.25. The lowest BCUT2D eigenvalue weighted by atomic mass is 10.0. The first-order valence-corrected chi connectivity index (χ1v) is 11.8. The molecule has 0 aliphatic rings. The fraction of sp³-hybridized carbons (Fsp3) is 0.174. The average Bonchev–Trinajstić information content (AvgIpc) is 3.26. The molecule has 0 aliphatic carbocycles. The third-order valence-electron chi connectivity index (χ3n) is 4.90. The van der Waals surface area contributed by atoms with Crippen LogP contribution < -0.4 is 10.7 Å². The molecule has 2 aromatic carbocycles. The molecule has 1 aromatic heterocycles. The largest absolute Gasteiger partial charge is 0.455 e. The van der Waals surface area contributed by atoms with Gasteiger partial charge in [-0.2, -0.15) is 5.10 Å². The molecule has 1 heterocycles. The highest BCUT2D eigenvalue weighted by atomic mass is 35.5. The predicted molar refractivity (Wildman–Crippen MR) is 139 cm³/mol. The number of furan rings is 1. The van der Waals surface area contributed by atoms with E-state index in [0.717, 1.165) is 6.07 Å². The lowest BCUT2D eigenvalue weighted by Gasteiger charge is -2.20. The van der Waals surface area contributed by atoms with Crippen molar-refractivity contribution in [3.8, 4) is 11.3 Å². The molecule has 2 N–H and O–H groups in total. The summed E-state index contributed by atoms with van der Waals surface area (Å²) in [5.41, 5.74) is 2.56. The summed E-state index contributed by atoms with van der Waals surface area (Å²) in [6.45, 7) is 3.52. The number of nitrogens with one attached hydrogen (secondary N) is 2. The molecule has 0 radical (unpaired) electrons. The molecule has 36 heavy (non-hydrogen) atoms. The van der Waals surface area contributed by atoms with E-state index in [-0.39, 0.29) is 43.8 Å². The molecule has 1 atom stereocenters. The Kier molecular flexibility index (Phi) is 8.97. The molecular weight excluding hydrogens is 554 g/mol. The number of rotatable bonds is 8. The van der Waals surface area contributed by atoms with Gasteiger partial charge in [-0.05, 0) is 42.3 Å². The van der Waals surface area contributed by atoms with Gasteiger partial charge in [0.15, 0.2) is 0 Å². The quantitative estimate of drug-likeness (QED) is 0.184. The van der Waals surface area contributed by atoms with E-state index in [4.69, 9.17) is 50.8 Å². The van der Waals surface area contributed by atoms with Gasteiger partial charge in [0.1, 0.15) is 22.6 Å². The van der Waals surface area contributed by atoms with Crippen LogP contribution in [0.25, 0.3) is 11.3 Å². The van der Waals surface area contributed by atoms with Crippen LogP contribution in [0, 0.1) is 16.0 Å². The van der Waals surface area contributed by atoms with Gasteiger partial charge in [0.2, 0.25) is 0 Å². The van der Waals surface area contributed by atoms with Crippen molar-refractivity contribution < 1.29 is 18.9 Å². The van der Waals surface area contributed by atoms with Gasteiger partial charge in [0, 0.05) is 16.7 Å². The van der Waals surface area contributed by atoms with E-state index in [1.54, 1.807) is 26.0 Å². The third-order valence-corrected chi connectivity index (χ3v) is 6.07. The summed E-state index contributed by atoms with van der Waals surface area (Å²) in [4.78, 5) is 35.6. The molecule has 13 heteroatoms. The van der Waals surface area contributed by atoms with E-state index in [0.29, 0.717) is 10.6 Å². The molecule has 0 aliphatic heterocycles. The molecule has 0 spiro atoms. The van der Waals surface area contributed by atoms with Crippen LogP contribution in [0.1, 0.15) is 30.0 Å². The van der Waals surface area contributed by atoms with Crippen LogP contribution in [-0.2, 0) is 4.79 Å². The third kappa shape index (κ3) is 6.55. The van der Waals surface area contributed by atoms with Crippen LogP contribution in [-0.4, -0.2) is 29.0 Å². The van der Waals surface area contributed by atoms with Crippen LogP contribution in [0.4, 0.5) is 5.69 Å². The minimum atomic E-state index is -0.908. The van der Waals surface area contributed by atoms with Crippen LogP contribution >= 0.6 is 46.4 Å². The normalized spacial score (nSPS) is 12.1. The Morgan fingerprint density at radius 1 is 1.03 bits per heavy atom. The number of nitro benzene ring substituents is 1. The number of nitrogens with zero attached hydrogens (tertiary/aromatic N) is 2. The van der Waals surface area contributed by atoms with E-state index < -0.39 is 22.8 Å². The minimum Gasteiger partial charge on any atom is -0.455 e. The first-order valence-electron chi connectivity index (χ1n) is 10.3. The van der Waals surface area contributed by atoms with Gasteiger partial charge in [0.05, 0.1) is 26.7 Å². The summed E-state index contributed by atoms with van der Waals surface area (Å²) >= 11 is 24.0. The summed E-state index contributed by atoms with van der Waals surface area (Å²) in [7, 11) is 0. The fourth-order valence-electron chi connectivity index (χ4n) is 3.09. The van der Waals surface area contributed by atoms with Crippen LogP contribution in [0.5, 0.6) is 0 Å². The Bertz CT molecular complexity index is 1360. The van der Waals surface area contributed by atoms with Crippen molar-refractivity contribution in [3.63, 3.8) is 0 Å². The van der Waals surface area contributed by atoms with Crippen molar-refractivity contribution in [1.82, 2.24) is 10.7 Å². The molecule has 1 unspecified atom stereocenters. The molecular formula is C23H18Cl4N4O5. The van der Waals surface area contributed by atoms with E-state index >= 15 is 0 Å². The van der Waals surface area contributed by atoms with Gasteiger partial charge in [0.25, 0.3) is 17.5 Å². The number of carbonyl (C=O) groups is 2. The SMILES string of the molecule is CC(C)C(NC(=O)c1ccc(Cl)cc1Cl)C(=O)NN=Cc1ccc(-c2cc(Cl)c([N+](=O)[O-])cc2Cl)o1. The number of halogens is 4. The molecule has 0 bridgehead atoms. The lowest BCUT2D eigenvalue weighted by molar-refractivity contribution is -0.384. The number of amides is 2. The smallest absolute Gasteiger partial charge is 0.289 e. The second kappa shape index (κ2) is 11.7. The van der Waals surface area contributed by atoms with Gasteiger partial charge < -0.3 is 9.73 Å². The van der Waals surface area contributed by atoms with Crippen LogP contribution in [0.3, 0.4) is 0 Å². The van der Waals surface area contributed by atoms with E-state index in [1.807, 2.05) is 0 Å². The van der Waals surface area contributed by atoms with Crippen molar-refractivity contribution in [3.05, 3.63) is 84.0 Å². The molecule has 0 saturated heterocycles. The number of benzene rings is 2. The molecule has 2 amide bonds. The average molecular weight is 572 g/mol. The van der Waals surface area contributed by atoms with Crippen LogP contribution in [0.2, 0.25) is 20.1 Å². The topological polar surface area (TPSA) is 127 Å². The van der Waals surface area contributed by atoms with Crippen molar-refractivity contribution in [2.45, 2.75) is 19.9 Å². The zero-order valence-electron chi connectivity index (χ0n) is 18.7. The standard InChI is InChI=1S/C23H18Cl4N4O5/c1-11(2)21(29-22(32)14-5-3-12(24)7-16(14)25)23(33)30-28-10-13-4-6-20(36-13)15-8-18(27)19(31(34)35)9-17(15)26/h3-11,21H,1-2H3,(H,29,32)(H,30,33). The van der Waals surface area contributed by atoms with E-state index in [9.17, 15) is 19.7 Å². The van der Waals surface area contributed by atoms with E-state index in [1.165, 1.54) is 30.5 Å². The van der Waals surface area contributed by atoms with Gasteiger partial charge >= 0.3 is 0 Å². The molecule has 3 aromatic rings. The Hall–Kier alpha value is -3.11. The second-order valence-electron chi connectivity index (χ2n) is 7.80. The Labute approximate surface area is 225 Å². The number of hydrogen-bond donors (Lipinski definition) is 2. The summed E-state index contributed by atoms with van der Waals surface area (Å²) < 4.78 is 5.63. The van der Waals surface area contributed by atoms with Crippen LogP contribution in [0.15, 0.2) is 52.0 Å². The Balaban J connectivity index is 1.68. The zero-order valence-corrected chi connectivity index (χ0v) is 21.7. The summed E-state index contributed by atoms with van der Waals surface area (Å²) in [6, 6.07) is 9.09. The fourth-order valence-corrected chi connectivity index (χ4v) is 4.07. The first kappa shape index (κ1) is 27.5. The Morgan fingerprint density at radius 3 is 2.39 bits per heavy atom. The highest BCUT2D eigenvalue weighted by molar-refractivity contribution is 6.37. The van der Waals surface area contributed by atoms with E-state index in [2.05, 4.69) is 15.8 Å². The lowest BCUT2D eigenvalue weighted by Crippen LogP contribution is -2.48. The zero-order chi connectivity index (χ0) is 26.6. The summed E-state index contributed by atoms with van der Waals surface area (Å²) in [5, 5.41) is 18.0. The molecule has 0 fully saturated rings. The highest BCUT2D eigenvalue weighted by Gasteiger charge is 2.25. The van der Waals surface area contributed by atoms with Gasteiger partial charge in [-0.25, -0.2) is 5.43 Å². The number of nitro groups is 1. The maximum absolute atomic E-state index is 12.7. The van der Waals surface area contributed by atoms with Gasteiger partial charge in [-0.1, -0.05) is 60.3 Å². The maximum atomic E-state index is 12.7. The molecule has 3 rings (SSSR count). The van der Waals surface area contributed by atoms with Crippen molar-refractivity contribution in [1.29, 1.82) is 0 Å². The summed E-state index contributed by atoms with van der Waals surface area (Å²) in [5.74, 6) is -0.814. The minimum absolute atomic E-state index is 0.0774. The monoisotopic (exact) mass is 570 g/mol. The molecule has 0 saturated carbocycles. The second-order valence-corrected chi connectivity index (χ2v) is 9.45. The first-order chi connectivity index (χ1) is 17.0. The maximum Gasteiger partial charge on any atom is 0.289 e. The predicted octanol–water partition coefficient (Wildman–Crippen LogP) is 6.37. The molecule has 188 valence electrons. The number of hydrogen-bond acceptors (Lipinski definition) is 6.